The molecule has 0 aliphatic carbocycles. The molecule has 3 aromatic heterocycles. The van der Waals surface area contributed by atoms with E-state index in [0.29, 0.717) is 0 Å². The molecule has 3 heterocycles. The molecule has 0 saturated heterocycles. The predicted octanol–water partition coefficient (Wildman–Crippen LogP) is 8.27. The Hall–Kier alpha value is -8.31. The second-order valence-corrected chi connectivity index (χ2v) is 11.7. The van der Waals surface area contributed by atoms with Gasteiger partial charge in [-0.25, -0.2) is 0 Å². The quantitative estimate of drug-likeness (QED) is 0.151. The van der Waals surface area contributed by atoms with Crippen LogP contribution in [0.2, 0.25) is 0 Å². The number of hydrogen-bond donors (Lipinski definition) is 0. The van der Waals surface area contributed by atoms with Crippen molar-refractivity contribution in [3.05, 3.63) is 231 Å². The van der Waals surface area contributed by atoms with Crippen molar-refractivity contribution < 1.29 is 0 Å². The topological polar surface area (TPSA) is 38.7 Å². The van der Waals surface area contributed by atoms with Crippen molar-refractivity contribution in [2.75, 3.05) is 0 Å². The van der Waals surface area contributed by atoms with E-state index in [1.54, 1.807) is 37.2 Å². The normalized spacial score (nSPS) is 9.33. The van der Waals surface area contributed by atoms with E-state index in [-0.39, 0.29) is 0 Å². The zero-order valence-corrected chi connectivity index (χ0v) is 28.9. The molecule has 3 heteroatoms. The molecule has 0 aliphatic rings. The van der Waals surface area contributed by atoms with Crippen molar-refractivity contribution in [1.29, 1.82) is 0 Å². The predicted molar refractivity (Wildman–Crippen MR) is 214 cm³/mol. The Morgan fingerprint density at radius 3 is 0.519 bits per heavy atom. The highest BCUT2D eigenvalue weighted by Crippen LogP contribution is 2.12. The number of hydrogen-bond acceptors (Lipinski definition) is 3. The highest BCUT2D eigenvalue weighted by atomic mass is 14.6. The summed E-state index contributed by atoms with van der Waals surface area (Å²) in [6.07, 6.45) is 10.4. The van der Waals surface area contributed by atoms with Gasteiger partial charge in [0.15, 0.2) is 0 Å². The van der Waals surface area contributed by atoms with E-state index in [1.807, 2.05) is 127 Å². The SMILES string of the molecule is C(#Cc1ccc(C#Cc2cc(C#Cc3ccc(C#Cc4ccncc4)cc3)cc(C#Cc3ccc(C#Cc4ccncc4)cc3)c2)cc1)c1ccncc1. The number of pyridine rings is 3. The summed E-state index contributed by atoms with van der Waals surface area (Å²) in [5.41, 5.74) is 10.6. The van der Waals surface area contributed by atoms with Gasteiger partial charge in [0, 0.05) is 104 Å². The van der Waals surface area contributed by atoms with Crippen LogP contribution in [0, 0.1) is 71.0 Å². The lowest BCUT2D eigenvalue weighted by molar-refractivity contribution is 1.32. The monoisotopic (exact) mass is 681 g/mol. The summed E-state index contributed by atoms with van der Waals surface area (Å²) in [5, 5.41) is 0. The zero-order valence-electron chi connectivity index (χ0n) is 28.9. The maximum atomic E-state index is 4.04. The Balaban J connectivity index is 1.13. The highest BCUT2D eigenvalue weighted by molar-refractivity contribution is 5.56. The van der Waals surface area contributed by atoms with E-state index in [4.69, 9.17) is 0 Å². The summed E-state index contributed by atoms with van der Waals surface area (Å²) < 4.78 is 0. The number of aromatic nitrogens is 3. The molecule has 0 spiro atoms. The van der Waals surface area contributed by atoms with Gasteiger partial charge in [0.2, 0.25) is 0 Å². The molecule has 0 radical (unpaired) electrons. The van der Waals surface area contributed by atoms with Crippen LogP contribution in [0.5, 0.6) is 0 Å². The number of nitrogens with zero attached hydrogens (tertiary/aromatic N) is 3. The van der Waals surface area contributed by atoms with Crippen LogP contribution in [0.4, 0.5) is 0 Å². The summed E-state index contributed by atoms with van der Waals surface area (Å²) in [6.45, 7) is 0. The third kappa shape index (κ3) is 10.4. The molecule has 7 rings (SSSR count). The lowest BCUT2D eigenvalue weighted by atomic mass is 10.0. The first-order valence-electron chi connectivity index (χ1n) is 17.0. The Labute approximate surface area is 316 Å². The van der Waals surface area contributed by atoms with Crippen LogP contribution < -0.4 is 0 Å². The molecular formula is C51H27N3. The largest absolute Gasteiger partial charge is 0.265 e. The lowest BCUT2D eigenvalue weighted by Crippen LogP contribution is -1.86. The highest BCUT2D eigenvalue weighted by Gasteiger charge is 1.99. The van der Waals surface area contributed by atoms with Crippen molar-refractivity contribution in [3.63, 3.8) is 0 Å². The minimum Gasteiger partial charge on any atom is -0.265 e. The van der Waals surface area contributed by atoms with E-state index >= 15 is 0 Å². The Bertz CT molecular complexity index is 2460. The second kappa shape index (κ2) is 17.6. The Morgan fingerprint density at radius 2 is 0.333 bits per heavy atom. The van der Waals surface area contributed by atoms with E-state index in [1.165, 1.54) is 0 Å². The minimum atomic E-state index is 0.816. The van der Waals surface area contributed by atoms with Gasteiger partial charge in [0.25, 0.3) is 0 Å². The molecule has 246 valence electrons. The summed E-state index contributed by atoms with van der Waals surface area (Å²) >= 11 is 0. The summed E-state index contributed by atoms with van der Waals surface area (Å²) in [5.74, 6) is 38.9. The fraction of sp³-hybridized carbons (Fsp3) is 0. The molecule has 0 N–H and O–H groups in total. The van der Waals surface area contributed by atoms with Crippen molar-refractivity contribution >= 4 is 0 Å². The molecule has 0 aliphatic heterocycles. The fourth-order valence-electron chi connectivity index (χ4n) is 4.93. The van der Waals surface area contributed by atoms with Gasteiger partial charge in [0.1, 0.15) is 0 Å². The van der Waals surface area contributed by atoms with Crippen LogP contribution in [0.25, 0.3) is 0 Å². The number of rotatable bonds is 0. The molecule has 54 heavy (non-hydrogen) atoms. The molecule has 0 atom stereocenters. The molecule has 0 fully saturated rings. The van der Waals surface area contributed by atoms with Crippen molar-refractivity contribution in [2.45, 2.75) is 0 Å². The van der Waals surface area contributed by atoms with Crippen LogP contribution >= 0.6 is 0 Å². The van der Waals surface area contributed by atoms with Crippen molar-refractivity contribution in [2.24, 2.45) is 0 Å². The smallest absolute Gasteiger partial charge is 0.0280 e. The van der Waals surface area contributed by atoms with Crippen LogP contribution in [-0.2, 0) is 0 Å². The minimum absolute atomic E-state index is 0.816. The molecule has 7 aromatic rings. The fourth-order valence-corrected chi connectivity index (χ4v) is 4.93. The van der Waals surface area contributed by atoms with E-state index < -0.39 is 0 Å². The molecule has 0 bridgehead atoms. The van der Waals surface area contributed by atoms with Gasteiger partial charge in [-0.05, 0) is 127 Å². The summed E-state index contributed by atoms with van der Waals surface area (Å²) in [4.78, 5) is 12.1. The van der Waals surface area contributed by atoms with E-state index in [0.717, 1.165) is 66.8 Å². The maximum Gasteiger partial charge on any atom is 0.0280 e. The zero-order chi connectivity index (χ0) is 36.6. The van der Waals surface area contributed by atoms with Crippen LogP contribution in [0.3, 0.4) is 0 Å². The van der Waals surface area contributed by atoms with Gasteiger partial charge in [-0.1, -0.05) is 71.0 Å². The second-order valence-electron chi connectivity index (χ2n) is 11.7. The van der Waals surface area contributed by atoms with Gasteiger partial charge >= 0.3 is 0 Å². The first-order valence-corrected chi connectivity index (χ1v) is 17.0. The average Bonchev–Trinajstić information content (AvgIpc) is 3.24. The molecule has 0 unspecified atom stereocenters. The molecule has 3 nitrogen and oxygen atoms in total. The molecule has 0 saturated carbocycles. The first-order chi connectivity index (χ1) is 26.7. The lowest BCUT2D eigenvalue weighted by Gasteiger charge is -1.98. The average molecular weight is 682 g/mol. The summed E-state index contributed by atoms with van der Waals surface area (Å²) in [7, 11) is 0. The van der Waals surface area contributed by atoms with Crippen molar-refractivity contribution in [3.8, 4) is 71.0 Å². The molecule has 4 aromatic carbocycles. The van der Waals surface area contributed by atoms with Gasteiger partial charge in [-0.2, -0.15) is 0 Å². The van der Waals surface area contributed by atoms with Gasteiger partial charge in [-0.15, -0.1) is 0 Å². The van der Waals surface area contributed by atoms with Gasteiger partial charge in [0.05, 0.1) is 0 Å². The first kappa shape index (κ1) is 34.2. The Kier molecular flexibility index (Phi) is 11.1. The molecule has 0 amide bonds. The van der Waals surface area contributed by atoms with Crippen LogP contribution in [-0.4, -0.2) is 15.0 Å². The summed E-state index contributed by atoms with van der Waals surface area (Å²) in [6, 6.07) is 41.0. The Morgan fingerprint density at radius 1 is 0.185 bits per heavy atom. The van der Waals surface area contributed by atoms with Crippen LogP contribution in [0.15, 0.2) is 165 Å². The molecular weight excluding hydrogens is 655 g/mol. The third-order valence-corrected chi connectivity index (χ3v) is 7.74. The van der Waals surface area contributed by atoms with E-state index in [9.17, 15) is 0 Å². The maximum absolute atomic E-state index is 4.04. The van der Waals surface area contributed by atoms with Crippen molar-refractivity contribution in [1.82, 2.24) is 15.0 Å². The van der Waals surface area contributed by atoms with E-state index in [2.05, 4.69) is 86.0 Å². The third-order valence-electron chi connectivity index (χ3n) is 7.74. The van der Waals surface area contributed by atoms with Gasteiger partial charge in [-0.3, -0.25) is 15.0 Å². The number of benzene rings is 4. The standard InChI is InChI=1S/C51H27N3/c1-7-43(8-2-40(1)13-16-46-25-31-52-32-26-46)19-22-49-37-50(23-20-44-9-3-41(4-10-44)14-17-47-27-33-53-34-28-47)39-51(38-49)24-21-45-11-5-42(6-12-45)15-18-48-29-35-54-36-30-48/h1-12,25-39H. The van der Waals surface area contributed by atoms with Crippen LogP contribution in [0.1, 0.15) is 66.8 Å². The van der Waals surface area contributed by atoms with Gasteiger partial charge < -0.3 is 0 Å².